The molecule has 1 aromatic carbocycles. The molecule has 1 aromatic rings. The number of carbonyl (C=O) groups excluding carboxylic acids is 1. The average Bonchev–Trinajstić information content (AvgIpc) is 3.15. The van der Waals surface area contributed by atoms with Crippen LogP contribution in [0.2, 0.25) is 0 Å². The van der Waals surface area contributed by atoms with Crippen LogP contribution in [-0.4, -0.2) is 43.5 Å². The molecular formula is C20H30N2O3S. The molecule has 1 amide bonds. The minimum absolute atomic E-state index is 0.0427. The zero-order valence-corrected chi connectivity index (χ0v) is 16.2. The van der Waals surface area contributed by atoms with Crippen LogP contribution in [0.1, 0.15) is 50.5 Å². The Kier molecular flexibility index (Phi) is 6.70. The summed E-state index contributed by atoms with van der Waals surface area (Å²) >= 11 is 0. The summed E-state index contributed by atoms with van der Waals surface area (Å²) in [6.07, 6.45) is 7.39. The van der Waals surface area contributed by atoms with Crippen molar-refractivity contribution in [1.29, 1.82) is 0 Å². The number of amides is 1. The lowest BCUT2D eigenvalue weighted by molar-refractivity contribution is -0.126. The van der Waals surface area contributed by atoms with E-state index in [1.165, 1.54) is 12.8 Å². The van der Waals surface area contributed by atoms with Gasteiger partial charge in [-0.15, -0.1) is 0 Å². The molecule has 5 nitrogen and oxygen atoms in total. The van der Waals surface area contributed by atoms with Gasteiger partial charge in [0.15, 0.2) is 0 Å². The highest BCUT2D eigenvalue weighted by Gasteiger charge is 2.33. The summed E-state index contributed by atoms with van der Waals surface area (Å²) in [4.78, 5) is 12.5. The van der Waals surface area contributed by atoms with Crippen molar-refractivity contribution in [3.63, 3.8) is 0 Å². The number of carbonyl (C=O) groups is 1. The SMILES string of the molecule is O=C(NC1CCCC1)[C@@H]1CCCN(S(=O)(=O)CCCc2ccccc2)C1. The summed E-state index contributed by atoms with van der Waals surface area (Å²) < 4.78 is 26.9. The van der Waals surface area contributed by atoms with E-state index in [1.807, 2.05) is 30.3 Å². The van der Waals surface area contributed by atoms with Gasteiger partial charge in [-0.25, -0.2) is 12.7 Å². The summed E-state index contributed by atoms with van der Waals surface area (Å²) in [5.74, 6) is -0.00638. The second-order valence-electron chi connectivity index (χ2n) is 7.59. The number of hydrogen-bond donors (Lipinski definition) is 1. The van der Waals surface area contributed by atoms with Crippen molar-refractivity contribution >= 4 is 15.9 Å². The Bertz CT molecular complexity index is 684. The number of aryl methyl sites for hydroxylation is 1. The summed E-state index contributed by atoms with van der Waals surface area (Å²) in [6.45, 7) is 0.882. The highest BCUT2D eigenvalue weighted by molar-refractivity contribution is 7.89. The first kappa shape index (κ1) is 19.4. The van der Waals surface area contributed by atoms with Gasteiger partial charge in [0, 0.05) is 19.1 Å². The summed E-state index contributed by atoms with van der Waals surface area (Å²) in [6, 6.07) is 10.3. The number of hydrogen-bond acceptors (Lipinski definition) is 3. The molecule has 1 saturated heterocycles. The van der Waals surface area contributed by atoms with Crippen molar-refractivity contribution in [3.8, 4) is 0 Å². The molecule has 0 aromatic heterocycles. The zero-order valence-electron chi connectivity index (χ0n) is 15.4. The number of piperidine rings is 1. The van der Waals surface area contributed by atoms with Crippen LogP contribution in [0.4, 0.5) is 0 Å². The highest BCUT2D eigenvalue weighted by Crippen LogP contribution is 2.23. The minimum Gasteiger partial charge on any atom is -0.353 e. The van der Waals surface area contributed by atoms with Gasteiger partial charge in [0.1, 0.15) is 0 Å². The first-order chi connectivity index (χ1) is 12.5. The molecule has 1 saturated carbocycles. The van der Waals surface area contributed by atoms with Gasteiger partial charge in [-0.2, -0.15) is 0 Å². The molecule has 0 spiro atoms. The van der Waals surface area contributed by atoms with Gasteiger partial charge in [-0.05, 0) is 44.1 Å². The van der Waals surface area contributed by atoms with Crippen LogP contribution in [0.5, 0.6) is 0 Å². The molecule has 0 unspecified atom stereocenters. The fourth-order valence-electron chi connectivity index (χ4n) is 4.03. The molecule has 2 fully saturated rings. The van der Waals surface area contributed by atoms with E-state index in [0.29, 0.717) is 25.6 Å². The topological polar surface area (TPSA) is 66.5 Å². The van der Waals surface area contributed by atoms with Gasteiger partial charge >= 0.3 is 0 Å². The Morgan fingerprint density at radius 1 is 1.08 bits per heavy atom. The largest absolute Gasteiger partial charge is 0.353 e. The molecule has 1 heterocycles. The third kappa shape index (κ3) is 5.30. The normalized spacial score (nSPS) is 22.4. The molecule has 1 aliphatic carbocycles. The van der Waals surface area contributed by atoms with E-state index in [1.54, 1.807) is 4.31 Å². The Morgan fingerprint density at radius 3 is 2.54 bits per heavy atom. The van der Waals surface area contributed by atoms with Crippen molar-refractivity contribution in [2.45, 2.75) is 57.4 Å². The van der Waals surface area contributed by atoms with Gasteiger partial charge < -0.3 is 5.32 Å². The van der Waals surface area contributed by atoms with Crippen molar-refractivity contribution < 1.29 is 13.2 Å². The minimum atomic E-state index is -3.29. The van der Waals surface area contributed by atoms with Crippen molar-refractivity contribution in [1.82, 2.24) is 9.62 Å². The van der Waals surface area contributed by atoms with E-state index < -0.39 is 10.0 Å². The van der Waals surface area contributed by atoms with Gasteiger partial charge in [-0.3, -0.25) is 4.79 Å². The number of benzene rings is 1. The number of rotatable bonds is 7. The summed E-state index contributed by atoms with van der Waals surface area (Å²) in [5.41, 5.74) is 1.16. The van der Waals surface area contributed by atoms with Crippen LogP contribution < -0.4 is 5.32 Å². The van der Waals surface area contributed by atoms with E-state index in [4.69, 9.17) is 0 Å². The van der Waals surface area contributed by atoms with E-state index in [2.05, 4.69) is 5.32 Å². The Balaban J connectivity index is 1.49. The molecule has 1 N–H and O–H groups in total. The van der Waals surface area contributed by atoms with Crippen LogP contribution in [0.25, 0.3) is 0 Å². The van der Waals surface area contributed by atoms with Gasteiger partial charge in [0.25, 0.3) is 0 Å². The Hall–Kier alpha value is -1.40. The van der Waals surface area contributed by atoms with E-state index >= 15 is 0 Å². The number of nitrogens with zero attached hydrogens (tertiary/aromatic N) is 1. The second kappa shape index (κ2) is 9.00. The maximum atomic E-state index is 12.7. The Morgan fingerprint density at radius 2 is 1.81 bits per heavy atom. The quantitative estimate of drug-likeness (QED) is 0.793. The average molecular weight is 379 g/mol. The molecule has 0 radical (unpaired) electrons. The van der Waals surface area contributed by atoms with Gasteiger partial charge in [0.2, 0.25) is 15.9 Å². The molecule has 1 aliphatic heterocycles. The van der Waals surface area contributed by atoms with Crippen LogP contribution in [0.3, 0.4) is 0 Å². The van der Waals surface area contributed by atoms with Crippen molar-refractivity contribution in [3.05, 3.63) is 35.9 Å². The monoisotopic (exact) mass is 378 g/mol. The number of nitrogens with one attached hydrogen (secondary N) is 1. The van der Waals surface area contributed by atoms with E-state index in [9.17, 15) is 13.2 Å². The summed E-state index contributed by atoms with van der Waals surface area (Å²) in [5, 5.41) is 3.12. The van der Waals surface area contributed by atoms with Gasteiger partial charge in [-0.1, -0.05) is 43.2 Å². The maximum Gasteiger partial charge on any atom is 0.224 e. The molecule has 144 valence electrons. The highest BCUT2D eigenvalue weighted by atomic mass is 32.2. The van der Waals surface area contributed by atoms with Crippen molar-refractivity contribution in [2.24, 2.45) is 5.92 Å². The summed E-state index contributed by atoms with van der Waals surface area (Å²) in [7, 11) is -3.29. The predicted octanol–water partition coefficient (Wildman–Crippen LogP) is 2.72. The van der Waals surface area contributed by atoms with E-state index in [0.717, 1.165) is 37.7 Å². The second-order valence-corrected chi connectivity index (χ2v) is 9.68. The third-order valence-electron chi connectivity index (χ3n) is 5.56. The lowest BCUT2D eigenvalue weighted by Crippen LogP contribution is -2.47. The molecule has 3 rings (SSSR count). The first-order valence-corrected chi connectivity index (χ1v) is 11.5. The molecule has 2 aliphatic rings. The van der Waals surface area contributed by atoms with E-state index in [-0.39, 0.29) is 17.6 Å². The third-order valence-corrected chi connectivity index (χ3v) is 7.48. The lowest BCUT2D eigenvalue weighted by atomic mass is 9.98. The molecule has 6 heteroatoms. The Labute approximate surface area is 157 Å². The van der Waals surface area contributed by atoms with Crippen LogP contribution in [0.15, 0.2) is 30.3 Å². The number of sulfonamides is 1. The predicted molar refractivity (Wildman–Crippen MR) is 103 cm³/mol. The van der Waals surface area contributed by atoms with Crippen LogP contribution in [-0.2, 0) is 21.2 Å². The van der Waals surface area contributed by atoms with Gasteiger partial charge in [0.05, 0.1) is 11.7 Å². The smallest absolute Gasteiger partial charge is 0.224 e. The fraction of sp³-hybridized carbons (Fsp3) is 0.650. The molecule has 26 heavy (non-hydrogen) atoms. The lowest BCUT2D eigenvalue weighted by Gasteiger charge is -2.31. The standard InChI is InChI=1S/C20H30N2O3S/c23-20(21-19-12-4-5-13-19)18-11-6-14-22(16-18)26(24,25)15-7-10-17-8-2-1-3-9-17/h1-3,8-9,18-19H,4-7,10-16H2,(H,21,23)/t18-/m1/s1. The molecular weight excluding hydrogens is 348 g/mol. The van der Waals surface area contributed by atoms with Crippen LogP contribution in [0, 0.1) is 5.92 Å². The fourth-order valence-corrected chi connectivity index (χ4v) is 5.61. The molecule has 0 bridgehead atoms. The first-order valence-electron chi connectivity index (χ1n) is 9.87. The maximum absolute atomic E-state index is 12.7. The zero-order chi connectivity index (χ0) is 18.4. The van der Waals surface area contributed by atoms with Crippen molar-refractivity contribution in [2.75, 3.05) is 18.8 Å². The molecule has 1 atom stereocenters. The van der Waals surface area contributed by atoms with Crippen LogP contribution >= 0.6 is 0 Å².